The lowest BCUT2D eigenvalue weighted by Gasteiger charge is -2.39. The number of nitrogens with two attached hydrogens (primary N) is 2. The Labute approximate surface area is 209 Å². The summed E-state index contributed by atoms with van der Waals surface area (Å²) in [6.45, 7) is 0.102. The average molecular weight is 509 g/mol. The van der Waals surface area contributed by atoms with Crippen molar-refractivity contribution in [3.63, 3.8) is 0 Å². The monoisotopic (exact) mass is 508 g/mol. The number of carbonyl (C=O) groups is 2. The van der Waals surface area contributed by atoms with Gasteiger partial charge in [0.05, 0.1) is 4.90 Å². The van der Waals surface area contributed by atoms with E-state index in [4.69, 9.17) is 16.9 Å². The molecule has 1 fully saturated rings. The van der Waals surface area contributed by atoms with Crippen LogP contribution >= 0.6 is 0 Å². The lowest BCUT2D eigenvalue weighted by atomic mass is 9.98. The first kappa shape index (κ1) is 25.3. The van der Waals surface area contributed by atoms with Crippen LogP contribution in [0.5, 0.6) is 0 Å². The molecule has 1 saturated heterocycles. The van der Waals surface area contributed by atoms with Gasteiger partial charge in [-0.15, -0.1) is 0 Å². The number of piperidine rings is 1. The van der Waals surface area contributed by atoms with Crippen molar-refractivity contribution in [3.8, 4) is 0 Å². The number of amidine groups is 1. The Morgan fingerprint density at radius 3 is 2.33 bits per heavy atom. The Hall–Kier alpha value is -3.76. The Kier molecular flexibility index (Phi) is 6.83. The Balaban J connectivity index is 1.83. The van der Waals surface area contributed by atoms with Gasteiger partial charge in [-0.3, -0.25) is 10.2 Å². The van der Waals surface area contributed by atoms with Gasteiger partial charge < -0.3 is 21.5 Å². The van der Waals surface area contributed by atoms with E-state index in [1.54, 1.807) is 42.5 Å². The maximum Gasteiger partial charge on any atom is 0.326 e. The van der Waals surface area contributed by atoms with Crippen molar-refractivity contribution < 1.29 is 23.1 Å². The molecule has 3 aromatic carbocycles. The number of nitrogen functional groups attached to an aromatic ring is 1. The van der Waals surface area contributed by atoms with Crippen LogP contribution in [-0.4, -0.2) is 53.6 Å². The van der Waals surface area contributed by atoms with Gasteiger partial charge >= 0.3 is 5.97 Å². The number of hydrogen-bond acceptors (Lipinski definition) is 6. The molecule has 0 saturated carbocycles. The molecule has 0 bridgehead atoms. The van der Waals surface area contributed by atoms with E-state index in [2.05, 4.69) is 0 Å². The van der Waals surface area contributed by atoms with E-state index in [1.165, 1.54) is 12.1 Å². The third-order valence-electron chi connectivity index (χ3n) is 6.65. The van der Waals surface area contributed by atoms with Crippen LogP contribution < -0.4 is 11.5 Å². The van der Waals surface area contributed by atoms with Gasteiger partial charge in [0.15, 0.2) is 0 Å². The van der Waals surface area contributed by atoms with Crippen LogP contribution in [-0.2, 0) is 25.8 Å². The van der Waals surface area contributed by atoms with Crippen molar-refractivity contribution in [1.82, 2.24) is 4.90 Å². The van der Waals surface area contributed by atoms with Crippen molar-refractivity contribution >= 4 is 38.3 Å². The van der Waals surface area contributed by atoms with Crippen LogP contribution in [0.3, 0.4) is 0 Å². The number of carbonyl (C=O) groups excluding carboxylic acids is 1. The molecule has 36 heavy (non-hydrogen) atoms. The molecule has 3 aromatic rings. The molecule has 1 unspecified atom stereocenters. The molecule has 0 radical (unpaired) electrons. The second kappa shape index (κ2) is 9.71. The van der Waals surface area contributed by atoms with E-state index in [-0.39, 0.29) is 30.1 Å². The summed E-state index contributed by atoms with van der Waals surface area (Å²) in [5.41, 5.74) is 13.0. The molecular weight excluding hydrogens is 480 g/mol. The van der Waals surface area contributed by atoms with E-state index in [0.29, 0.717) is 29.4 Å². The second-order valence-electron chi connectivity index (χ2n) is 9.04. The van der Waals surface area contributed by atoms with E-state index >= 15 is 0 Å². The van der Waals surface area contributed by atoms with Crippen molar-refractivity contribution in [3.05, 3.63) is 77.9 Å². The molecule has 188 valence electrons. The standard InChI is InChI=1S/C26H28N4O5S/c27-23(28)19-10-8-17(9-11-19)16-26(29,25(33)30-14-4-3-7-22(30)24(31)32)36(34,35)21-13-12-18-5-1-2-6-20(18)15-21/h1-2,5-6,8-13,15,22H,3-4,7,14,16,29H2,(H3,27,28)(H,31,32)/t22?,26-/m1/s1. The number of carboxylic acid groups (broad SMARTS) is 1. The number of fused-ring (bicyclic) bond motifs is 1. The van der Waals surface area contributed by atoms with Gasteiger partial charge in [0, 0.05) is 18.5 Å². The molecule has 1 heterocycles. The van der Waals surface area contributed by atoms with Gasteiger partial charge in [0.2, 0.25) is 14.7 Å². The fraction of sp³-hybridized carbons (Fsp3) is 0.269. The fourth-order valence-corrected chi connectivity index (χ4v) is 6.26. The van der Waals surface area contributed by atoms with Crippen LogP contribution in [0, 0.1) is 5.41 Å². The van der Waals surface area contributed by atoms with E-state index in [0.717, 1.165) is 10.3 Å². The zero-order valence-corrected chi connectivity index (χ0v) is 20.4. The van der Waals surface area contributed by atoms with Gasteiger partial charge in [-0.25, -0.2) is 13.2 Å². The number of hydrogen-bond donors (Lipinski definition) is 4. The molecular formula is C26H28N4O5S. The highest BCUT2D eigenvalue weighted by atomic mass is 32.2. The molecule has 1 aliphatic heterocycles. The lowest BCUT2D eigenvalue weighted by molar-refractivity contribution is -0.153. The van der Waals surface area contributed by atoms with Crippen LogP contribution in [0.15, 0.2) is 71.6 Å². The SMILES string of the molecule is N=C(N)c1ccc(C[C@](N)(C(=O)N2CCCCC2C(=O)O)S(=O)(=O)c2ccc3ccccc3c2)cc1. The minimum atomic E-state index is -4.49. The molecule has 0 spiro atoms. The van der Waals surface area contributed by atoms with Crippen LogP contribution in [0.1, 0.15) is 30.4 Å². The lowest BCUT2D eigenvalue weighted by Crippen LogP contribution is -2.64. The van der Waals surface area contributed by atoms with E-state index in [1.807, 2.05) is 12.1 Å². The van der Waals surface area contributed by atoms with Crippen molar-refractivity contribution in [2.45, 2.75) is 41.5 Å². The van der Waals surface area contributed by atoms with Gasteiger partial charge in [-0.2, -0.15) is 0 Å². The third-order valence-corrected chi connectivity index (χ3v) is 8.81. The molecule has 6 N–H and O–H groups in total. The van der Waals surface area contributed by atoms with Crippen molar-refractivity contribution in [2.75, 3.05) is 6.54 Å². The minimum Gasteiger partial charge on any atom is -0.480 e. The molecule has 0 aliphatic carbocycles. The third kappa shape index (κ3) is 4.57. The van der Waals surface area contributed by atoms with Gasteiger partial charge in [0.1, 0.15) is 11.9 Å². The number of rotatable bonds is 7. The minimum absolute atomic E-state index is 0.102. The summed E-state index contributed by atoms with van der Waals surface area (Å²) in [6.07, 6.45) is 1.000. The Morgan fingerprint density at radius 1 is 1.03 bits per heavy atom. The van der Waals surface area contributed by atoms with Gasteiger partial charge in [0.25, 0.3) is 5.91 Å². The summed E-state index contributed by atoms with van der Waals surface area (Å²) in [4.78, 5) is 24.3. The van der Waals surface area contributed by atoms with Gasteiger partial charge in [-0.05, 0) is 47.7 Å². The molecule has 10 heteroatoms. The van der Waals surface area contributed by atoms with Crippen molar-refractivity contribution in [2.24, 2.45) is 11.5 Å². The maximum absolute atomic E-state index is 14.1. The molecule has 0 aromatic heterocycles. The zero-order chi connectivity index (χ0) is 26.1. The number of nitrogens with one attached hydrogen (secondary N) is 1. The quantitative estimate of drug-likeness (QED) is 0.280. The molecule has 4 rings (SSSR count). The predicted molar refractivity (Wildman–Crippen MR) is 136 cm³/mol. The number of nitrogens with zero attached hydrogens (tertiary/aromatic N) is 1. The Morgan fingerprint density at radius 2 is 1.69 bits per heavy atom. The topological polar surface area (TPSA) is 168 Å². The smallest absolute Gasteiger partial charge is 0.326 e. The first-order valence-corrected chi connectivity index (χ1v) is 13.0. The summed E-state index contributed by atoms with van der Waals surface area (Å²) in [6, 6.07) is 16.8. The zero-order valence-electron chi connectivity index (χ0n) is 19.6. The predicted octanol–water partition coefficient (Wildman–Crippen LogP) is 2.26. The molecule has 9 nitrogen and oxygen atoms in total. The van der Waals surface area contributed by atoms with Gasteiger partial charge in [-0.1, -0.05) is 54.6 Å². The number of benzene rings is 3. The first-order valence-electron chi connectivity index (χ1n) is 11.5. The normalized spacial score (nSPS) is 17.9. The molecule has 1 amide bonds. The summed E-state index contributed by atoms with van der Waals surface area (Å²) >= 11 is 0. The first-order chi connectivity index (χ1) is 17.0. The summed E-state index contributed by atoms with van der Waals surface area (Å²) in [7, 11) is -4.49. The van der Waals surface area contributed by atoms with Crippen molar-refractivity contribution in [1.29, 1.82) is 5.41 Å². The number of carboxylic acids is 1. The summed E-state index contributed by atoms with van der Waals surface area (Å²) in [5, 5.41) is 18.8. The summed E-state index contributed by atoms with van der Waals surface area (Å²) < 4.78 is 28.1. The highest BCUT2D eigenvalue weighted by molar-refractivity contribution is 7.93. The fourth-order valence-electron chi connectivity index (χ4n) is 4.61. The number of sulfone groups is 1. The molecule has 2 atom stereocenters. The number of amides is 1. The highest BCUT2D eigenvalue weighted by Crippen LogP contribution is 2.32. The van der Waals surface area contributed by atoms with Crippen LogP contribution in [0.25, 0.3) is 10.8 Å². The van der Waals surface area contributed by atoms with E-state index in [9.17, 15) is 23.1 Å². The second-order valence-corrected chi connectivity index (χ2v) is 11.2. The van der Waals surface area contributed by atoms with Crippen LogP contribution in [0.2, 0.25) is 0 Å². The summed E-state index contributed by atoms with van der Waals surface area (Å²) in [5.74, 6) is -2.30. The Bertz CT molecular complexity index is 1440. The molecule has 1 aliphatic rings. The largest absolute Gasteiger partial charge is 0.480 e. The maximum atomic E-state index is 14.1. The van der Waals surface area contributed by atoms with Crippen LogP contribution in [0.4, 0.5) is 0 Å². The number of likely N-dealkylation sites (tertiary alicyclic amines) is 1. The average Bonchev–Trinajstić information content (AvgIpc) is 2.88. The number of aliphatic carboxylic acids is 1. The van der Waals surface area contributed by atoms with E-state index < -0.39 is 32.6 Å². The highest BCUT2D eigenvalue weighted by Gasteiger charge is 2.52.